The van der Waals surface area contributed by atoms with E-state index in [-0.39, 0.29) is 49.4 Å². The van der Waals surface area contributed by atoms with Gasteiger partial charge in [0.25, 0.3) is 0 Å². The molecule has 0 radical (unpaired) electrons. The fourth-order valence-electron chi connectivity index (χ4n) is 9.74. The van der Waals surface area contributed by atoms with Crippen LogP contribution >= 0.6 is 11.8 Å². The zero-order valence-corrected chi connectivity index (χ0v) is 35.7. The smallest absolute Gasteiger partial charge is 0.239 e. The third-order valence-corrected chi connectivity index (χ3v) is 13.2. The van der Waals surface area contributed by atoms with Gasteiger partial charge in [-0.25, -0.2) is 0 Å². The number of carbonyl (C=O) groups is 1. The zero-order chi connectivity index (χ0) is 40.6. The molecule has 3 aliphatic carbocycles. The summed E-state index contributed by atoms with van der Waals surface area (Å²) in [6.07, 6.45) is 17.8. The van der Waals surface area contributed by atoms with Crippen LogP contribution in [0.5, 0.6) is 17.2 Å². The molecule has 0 spiro atoms. The Morgan fingerprint density at radius 2 is 1.72 bits per heavy atom. The van der Waals surface area contributed by atoms with Crippen LogP contribution < -0.4 is 9.47 Å². The number of fused-ring (bicyclic) bond motifs is 2. The van der Waals surface area contributed by atoms with E-state index in [4.69, 9.17) is 24.2 Å². The van der Waals surface area contributed by atoms with Crippen molar-refractivity contribution >= 4 is 23.4 Å². The monoisotopic (exact) mass is 802 g/mol. The Morgan fingerprint density at radius 1 is 1.02 bits per heavy atom. The molecule has 9 nitrogen and oxygen atoms in total. The highest BCUT2D eigenvalue weighted by Crippen LogP contribution is 2.62. The number of thioether (sulfide) groups is 1. The van der Waals surface area contributed by atoms with Gasteiger partial charge in [0.1, 0.15) is 28.9 Å². The van der Waals surface area contributed by atoms with Crippen LogP contribution in [0.25, 0.3) is 0 Å². The quantitative estimate of drug-likeness (QED) is 0.0626. The van der Waals surface area contributed by atoms with Gasteiger partial charge in [0.15, 0.2) is 0 Å². The summed E-state index contributed by atoms with van der Waals surface area (Å²) < 4.78 is 20.9. The van der Waals surface area contributed by atoms with Crippen molar-refractivity contribution in [3.63, 3.8) is 0 Å². The van der Waals surface area contributed by atoms with Gasteiger partial charge in [-0.15, -0.1) is 18.3 Å². The van der Waals surface area contributed by atoms with Crippen LogP contribution in [0.1, 0.15) is 116 Å². The molecule has 6 atom stereocenters. The lowest BCUT2D eigenvalue weighted by Gasteiger charge is -2.59. The number of ether oxygens (including phenoxy) is 3. The van der Waals surface area contributed by atoms with Crippen LogP contribution in [-0.4, -0.2) is 77.3 Å². The molecule has 6 unspecified atom stereocenters. The third kappa shape index (κ3) is 10.1. The van der Waals surface area contributed by atoms with Crippen molar-refractivity contribution in [2.75, 3.05) is 33.1 Å². The predicted molar refractivity (Wildman–Crippen MR) is 228 cm³/mol. The first-order valence-corrected chi connectivity index (χ1v) is 22.6. The largest absolute Gasteiger partial charge is 0.459 e. The molecule has 10 heteroatoms. The average Bonchev–Trinajstić information content (AvgIpc) is 3.73. The minimum Gasteiger partial charge on any atom is -0.459 e. The summed E-state index contributed by atoms with van der Waals surface area (Å²) >= 11 is 1.69. The molecule has 0 aromatic heterocycles. The number of aliphatic hydroxyl groups is 2. The van der Waals surface area contributed by atoms with Crippen molar-refractivity contribution in [1.29, 1.82) is 0 Å². The summed E-state index contributed by atoms with van der Waals surface area (Å²) in [6, 6.07) is 13.7. The standard InChI is InChI=1S/C47H66N2O7S/c1-7-28-53-47-42(49(5)43(52)25-18-32-14-8-9-15-32)31-40(48-56-46(2,3)4)38-29-33(16-10-12-26-50)37(17-11-13-27-51)44(45(38)47)39-30-35(21-24-41(39)55-47)54-34-19-22-36(57-6)23-20-34/h7,19-24,29-30,32-33,37,42,44-45,50-51H,1,8-18,25-28,31H2,2-6H3. The number of aliphatic hydroxyl groups excluding tert-OH is 2. The van der Waals surface area contributed by atoms with E-state index in [1.54, 1.807) is 17.8 Å². The summed E-state index contributed by atoms with van der Waals surface area (Å²) in [5.41, 5.74) is 2.35. The van der Waals surface area contributed by atoms with Gasteiger partial charge in [0.2, 0.25) is 11.7 Å². The Bertz CT molecular complexity index is 1710. The minimum atomic E-state index is -1.25. The minimum absolute atomic E-state index is 0.0800. The lowest BCUT2D eigenvalue weighted by atomic mass is 9.55. The maximum Gasteiger partial charge on any atom is 0.239 e. The molecule has 1 aliphatic heterocycles. The van der Waals surface area contributed by atoms with Crippen LogP contribution in [0, 0.1) is 23.7 Å². The Labute approximate surface area is 345 Å². The van der Waals surface area contributed by atoms with Gasteiger partial charge in [0.05, 0.1) is 18.2 Å². The average molecular weight is 803 g/mol. The van der Waals surface area contributed by atoms with E-state index in [9.17, 15) is 15.0 Å². The molecule has 312 valence electrons. The molecule has 1 amide bonds. The fraction of sp³-hybridized carbons (Fsp3) is 0.617. The molecule has 2 fully saturated rings. The molecule has 4 aliphatic rings. The summed E-state index contributed by atoms with van der Waals surface area (Å²) in [5.74, 6) is 1.44. The van der Waals surface area contributed by atoms with Crippen LogP contribution in [0.2, 0.25) is 0 Å². The van der Waals surface area contributed by atoms with E-state index in [0.29, 0.717) is 30.9 Å². The number of likely N-dealkylation sites (N-methyl/N-ethyl adjacent to an activating group) is 1. The van der Waals surface area contributed by atoms with E-state index in [1.807, 2.05) is 57.0 Å². The number of oxime groups is 1. The molecule has 2 aromatic rings. The van der Waals surface area contributed by atoms with E-state index in [2.05, 4.69) is 37.1 Å². The summed E-state index contributed by atoms with van der Waals surface area (Å²) in [5, 5.41) is 24.7. The van der Waals surface area contributed by atoms with Gasteiger partial charge < -0.3 is 34.2 Å². The normalized spacial score (nSPS) is 26.3. The molecule has 0 saturated heterocycles. The first kappa shape index (κ1) is 43.3. The summed E-state index contributed by atoms with van der Waals surface area (Å²) in [6.45, 7) is 10.5. The van der Waals surface area contributed by atoms with Gasteiger partial charge in [0, 0.05) is 49.5 Å². The summed E-state index contributed by atoms with van der Waals surface area (Å²) in [4.78, 5) is 23.6. The predicted octanol–water partition coefficient (Wildman–Crippen LogP) is 10.1. The van der Waals surface area contributed by atoms with Crippen molar-refractivity contribution in [2.45, 2.75) is 132 Å². The van der Waals surface area contributed by atoms with Gasteiger partial charge in [-0.1, -0.05) is 55.8 Å². The third-order valence-electron chi connectivity index (χ3n) is 12.5. The van der Waals surface area contributed by atoms with Gasteiger partial charge in [-0.05, 0) is 125 Å². The van der Waals surface area contributed by atoms with Crippen molar-refractivity contribution in [3.05, 3.63) is 72.3 Å². The van der Waals surface area contributed by atoms with Crippen molar-refractivity contribution in [1.82, 2.24) is 4.90 Å². The van der Waals surface area contributed by atoms with Crippen LogP contribution in [-0.2, 0) is 14.4 Å². The second-order valence-corrected chi connectivity index (χ2v) is 18.3. The lowest BCUT2D eigenvalue weighted by molar-refractivity contribution is -0.255. The van der Waals surface area contributed by atoms with E-state index < -0.39 is 17.4 Å². The molecule has 2 N–H and O–H groups in total. The Morgan fingerprint density at radius 3 is 2.39 bits per heavy atom. The van der Waals surface area contributed by atoms with Gasteiger partial charge >= 0.3 is 0 Å². The Balaban J connectivity index is 1.52. The van der Waals surface area contributed by atoms with E-state index in [0.717, 1.165) is 66.9 Å². The second kappa shape index (κ2) is 19.6. The first-order chi connectivity index (χ1) is 27.5. The topological polar surface area (TPSA) is 110 Å². The highest BCUT2D eigenvalue weighted by Gasteiger charge is 2.65. The Kier molecular flexibility index (Phi) is 14.9. The van der Waals surface area contributed by atoms with Crippen LogP contribution in [0.15, 0.2) is 76.8 Å². The van der Waals surface area contributed by atoms with Gasteiger partial charge in [-0.3, -0.25) is 4.79 Å². The molecule has 2 saturated carbocycles. The second-order valence-electron chi connectivity index (χ2n) is 17.4. The maximum absolute atomic E-state index is 14.3. The first-order valence-electron chi connectivity index (χ1n) is 21.4. The number of nitrogens with zero attached hydrogens (tertiary/aromatic N) is 2. The zero-order valence-electron chi connectivity index (χ0n) is 34.9. The molecular formula is C47H66N2O7S. The molecule has 6 rings (SSSR count). The molecule has 1 heterocycles. The Hall–Kier alpha value is -3.31. The van der Waals surface area contributed by atoms with Crippen LogP contribution in [0.4, 0.5) is 0 Å². The highest BCUT2D eigenvalue weighted by atomic mass is 32.2. The number of hydrogen-bond acceptors (Lipinski definition) is 9. The molecular weight excluding hydrogens is 737 g/mol. The van der Waals surface area contributed by atoms with E-state index in [1.165, 1.54) is 30.6 Å². The molecule has 57 heavy (non-hydrogen) atoms. The maximum atomic E-state index is 14.3. The van der Waals surface area contributed by atoms with Crippen molar-refractivity contribution in [2.24, 2.45) is 28.8 Å². The molecule has 2 aromatic carbocycles. The van der Waals surface area contributed by atoms with E-state index >= 15 is 0 Å². The van der Waals surface area contributed by atoms with Crippen molar-refractivity contribution in [3.8, 4) is 17.2 Å². The number of unbranched alkanes of at least 4 members (excludes halogenated alkanes) is 2. The fourth-order valence-corrected chi connectivity index (χ4v) is 10.1. The lowest BCUT2D eigenvalue weighted by Crippen LogP contribution is -2.69. The number of hydrogen-bond donors (Lipinski definition) is 2. The van der Waals surface area contributed by atoms with Crippen molar-refractivity contribution < 1.29 is 34.1 Å². The summed E-state index contributed by atoms with van der Waals surface area (Å²) in [7, 11) is 1.91. The highest BCUT2D eigenvalue weighted by molar-refractivity contribution is 7.98. The number of amides is 1. The van der Waals surface area contributed by atoms with Crippen LogP contribution in [0.3, 0.4) is 0 Å². The number of carbonyl (C=O) groups excluding carboxylic acids is 1. The number of allylic oxidation sites excluding steroid dienone is 1. The number of benzene rings is 2. The van der Waals surface area contributed by atoms with Gasteiger partial charge in [-0.2, -0.15) is 0 Å². The molecule has 0 bridgehead atoms. The SMILES string of the molecule is C=CCOC12Oc3ccc(Oc4ccc(SC)cc4)cc3C3C(CCCCO)C(CCCCO)C=C(C(=NOC(C)(C)C)CC1N(C)C(=O)CCC1CCCC1)C32. The number of rotatable bonds is 19.